The third kappa shape index (κ3) is 4.09. The maximum Gasteiger partial charge on any atom is 0.315 e. The van der Waals surface area contributed by atoms with Crippen molar-refractivity contribution in [3.8, 4) is 0 Å². The number of carbonyl (C=O) groups excluding carboxylic acids is 1. The SMILES string of the molecule is Cc1cccc(CNC(=O)NCc2nnc3n2CCCCC3)c1. The Balaban J connectivity index is 1.50. The highest BCUT2D eigenvalue weighted by Gasteiger charge is 2.14. The van der Waals surface area contributed by atoms with Crippen LogP contribution in [0.3, 0.4) is 0 Å². The molecule has 3 rings (SSSR count). The lowest BCUT2D eigenvalue weighted by Crippen LogP contribution is -2.35. The van der Waals surface area contributed by atoms with Crippen molar-refractivity contribution < 1.29 is 4.79 Å². The number of rotatable bonds is 4. The van der Waals surface area contributed by atoms with E-state index in [1.165, 1.54) is 18.4 Å². The molecule has 1 aromatic carbocycles. The number of benzene rings is 1. The van der Waals surface area contributed by atoms with E-state index < -0.39 is 0 Å². The van der Waals surface area contributed by atoms with Crippen molar-refractivity contribution in [3.05, 3.63) is 47.0 Å². The van der Waals surface area contributed by atoms with Gasteiger partial charge in [0.2, 0.25) is 0 Å². The van der Waals surface area contributed by atoms with E-state index in [0.717, 1.165) is 36.6 Å². The fourth-order valence-electron chi connectivity index (χ4n) is 2.90. The summed E-state index contributed by atoms with van der Waals surface area (Å²) in [4.78, 5) is 12.0. The van der Waals surface area contributed by atoms with Gasteiger partial charge in [-0.1, -0.05) is 36.2 Å². The standard InChI is InChI=1S/C17H23N5O/c1-13-6-5-7-14(10-13)11-18-17(23)19-12-16-21-20-15-8-3-2-4-9-22(15)16/h5-7,10H,2-4,8-9,11-12H2,1H3,(H2,18,19,23). The second kappa shape index (κ2) is 7.26. The van der Waals surface area contributed by atoms with Gasteiger partial charge in [0.05, 0.1) is 6.54 Å². The van der Waals surface area contributed by atoms with Crippen LogP contribution in [0.1, 0.15) is 42.0 Å². The average molecular weight is 313 g/mol. The molecule has 0 saturated heterocycles. The van der Waals surface area contributed by atoms with Crippen LogP contribution in [0.2, 0.25) is 0 Å². The largest absolute Gasteiger partial charge is 0.334 e. The van der Waals surface area contributed by atoms with Gasteiger partial charge in [-0.15, -0.1) is 10.2 Å². The molecule has 122 valence electrons. The topological polar surface area (TPSA) is 71.8 Å². The number of fused-ring (bicyclic) bond motifs is 1. The van der Waals surface area contributed by atoms with Gasteiger partial charge in [-0.3, -0.25) is 0 Å². The van der Waals surface area contributed by atoms with E-state index in [9.17, 15) is 4.79 Å². The highest BCUT2D eigenvalue weighted by Crippen LogP contribution is 2.14. The molecule has 23 heavy (non-hydrogen) atoms. The van der Waals surface area contributed by atoms with Crippen molar-refractivity contribution in [2.75, 3.05) is 0 Å². The van der Waals surface area contributed by atoms with Gasteiger partial charge in [-0.05, 0) is 25.3 Å². The summed E-state index contributed by atoms with van der Waals surface area (Å²) in [5.74, 6) is 1.88. The van der Waals surface area contributed by atoms with Crippen LogP contribution in [-0.4, -0.2) is 20.8 Å². The van der Waals surface area contributed by atoms with Gasteiger partial charge in [0.25, 0.3) is 0 Å². The molecule has 0 unspecified atom stereocenters. The van der Waals surface area contributed by atoms with Crippen LogP contribution in [0.25, 0.3) is 0 Å². The van der Waals surface area contributed by atoms with E-state index in [-0.39, 0.29) is 6.03 Å². The minimum atomic E-state index is -0.183. The van der Waals surface area contributed by atoms with Crippen molar-refractivity contribution in [2.24, 2.45) is 0 Å². The van der Waals surface area contributed by atoms with Gasteiger partial charge in [-0.2, -0.15) is 0 Å². The molecular weight excluding hydrogens is 290 g/mol. The lowest BCUT2D eigenvalue weighted by atomic mass is 10.1. The summed E-state index contributed by atoms with van der Waals surface area (Å²) in [5.41, 5.74) is 2.28. The molecule has 2 amide bonds. The van der Waals surface area contributed by atoms with E-state index in [4.69, 9.17) is 0 Å². The molecule has 6 nitrogen and oxygen atoms in total. The Bertz CT molecular complexity index is 679. The molecule has 0 aliphatic carbocycles. The smallest absolute Gasteiger partial charge is 0.315 e. The predicted molar refractivity (Wildman–Crippen MR) is 87.8 cm³/mol. The lowest BCUT2D eigenvalue weighted by molar-refractivity contribution is 0.239. The number of hydrogen-bond acceptors (Lipinski definition) is 3. The van der Waals surface area contributed by atoms with Gasteiger partial charge in [0.15, 0.2) is 5.82 Å². The number of amides is 2. The van der Waals surface area contributed by atoms with E-state index in [1.54, 1.807) is 0 Å². The zero-order valence-corrected chi connectivity index (χ0v) is 13.5. The van der Waals surface area contributed by atoms with Crippen LogP contribution >= 0.6 is 0 Å². The average Bonchev–Trinajstić information content (AvgIpc) is 2.77. The van der Waals surface area contributed by atoms with Crippen LogP contribution < -0.4 is 10.6 Å². The van der Waals surface area contributed by atoms with Crippen LogP contribution in [0.4, 0.5) is 4.79 Å². The number of urea groups is 1. The zero-order valence-electron chi connectivity index (χ0n) is 13.5. The third-order valence-corrected chi connectivity index (χ3v) is 4.13. The molecule has 2 aromatic rings. The van der Waals surface area contributed by atoms with Crippen molar-refractivity contribution in [2.45, 2.75) is 52.2 Å². The van der Waals surface area contributed by atoms with Crippen molar-refractivity contribution in [3.63, 3.8) is 0 Å². The van der Waals surface area contributed by atoms with Crippen LogP contribution in [-0.2, 0) is 26.1 Å². The van der Waals surface area contributed by atoms with Gasteiger partial charge >= 0.3 is 6.03 Å². The number of hydrogen-bond donors (Lipinski definition) is 2. The Kier molecular flexibility index (Phi) is 4.90. The molecule has 0 saturated carbocycles. The van der Waals surface area contributed by atoms with Gasteiger partial charge in [0, 0.05) is 19.5 Å². The summed E-state index contributed by atoms with van der Waals surface area (Å²) in [5, 5.41) is 14.2. The third-order valence-electron chi connectivity index (χ3n) is 4.13. The summed E-state index contributed by atoms with van der Waals surface area (Å²) in [7, 11) is 0. The maximum atomic E-state index is 12.0. The quantitative estimate of drug-likeness (QED) is 0.910. The minimum absolute atomic E-state index is 0.183. The second-order valence-corrected chi connectivity index (χ2v) is 6.02. The first kappa shape index (κ1) is 15.5. The van der Waals surface area contributed by atoms with Crippen molar-refractivity contribution >= 4 is 6.03 Å². The first-order chi connectivity index (χ1) is 11.2. The zero-order chi connectivity index (χ0) is 16.1. The summed E-state index contributed by atoms with van der Waals surface area (Å²) < 4.78 is 2.15. The molecule has 0 spiro atoms. The number of nitrogens with zero attached hydrogens (tertiary/aromatic N) is 3. The molecule has 6 heteroatoms. The Morgan fingerprint density at radius 2 is 2.04 bits per heavy atom. The summed E-state index contributed by atoms with van der Waals surface area (Å²) in [6.45, 7) is 3.92. The molecular formula is C17H23N5O. The van der Waals surface area contributed by atoms with Crippen molar-refractivity contribution in [1.29, 1.82) is 0 Å². The summed E-state index contributed by atoms with van der Waals surface area (Å²) in [6.07, 6.45) is 4.53. The highest BCUT2D eigenvalue weighted by molar-refractivity contribution is 5.73. The summed E-state index contributed by atoms with van der Waals surface area (Å²) >= 11 is 0. The van der Waals surface area contributed by atoms with E-state index in [2.05, 4.69) is 31.5 Å². The molecule has 0 atom stereocenters. The second-order valence-electron chi connectivity index (χ2n) is 6.02. The van der Waals surface area contributed by atoms with Crippen LogP contribution in [0, 0.1) is 6.92 Å². The molecule has 0 fully saturated rings. The van der Waals surface area contributed by atoms with Gasteiger partial charge < -0.3 is 15.2 Å². The molecule has 0 bridgehead atoms. The number of nitrogens with one attached hydrogen (secondary N) is 2. The monoisotopic (exact) mass is 313 g/mol. The van der Waals surface area contributed by atoms with Crippen LogP contribution in [0.5, 0.6) is 0 Å². The molecule has 2 N–H and O–H groups in total. The fraction of sp³-hybridized carbons (Fsp3) is 0.471. The molecule has 2 heterocycles. The Morgan fingerprint density at radius 1 is 1.17 bits per heavy atom. The lowest BCUT2D eigenvalue weighted by Gasteiger charge is -2.09. The molecule has 0 radical (unpaired) electrons. The summed E-state index contributed by atoms with van der Waals surface area (Å²) in [6, 6.07) is 7.93. The maximum absolute atomic E-state index is 12.0. The Hall–Kier alpha value is -2.37. The normalized spacial score (nSPS) is 14.0. The van der Waals surface area contributed by atoms with E-state index >= 15 is 0 Å². The Labute approximate surface area is 136 Å². The molecule has 1 aromatic heterocycles. The predicted octanol–water partition coefficient (Wildman–Crippen LogP) is 2.31. The Morgan fingerprint density at radius 3 is 2.91 bits per heavy atom. The fourth-order valence-corrected chi connectivity index (χ4v) is 2.90. The molecule has 1 aliphatic rings. The first-order valence-corrected chi connectivity index (χ1v) is 8.20. The number of carbonyl (C=O) groups is 1. The van der Waals surface area contributed by atoms with Crippen LogP contribution in [0.15, 0.2) is 24.3 Å². The van der Waals surface area contributed by atoms with Gasteiger partial charge in [-0.25, -0.2) is 4.79 Å². The van der Waals surface area contributed by atoms with Crippen molar-refractivity contribution in [1.82, 2.24) is 25.4 Å². The van der Waals surface area contributed by atoms with E-state index in [1.807, 2.05) is 25.1 Å². The number of aromatic nitrogens is 3. The highest BCUT2D eigenvalue weighted by atomic mass is 16.2. The minimum Gasteiger partial charge on any atom is -0.334 e. The van der Waals surface area contributed by atoms with Gasteiger partial charge in [0.1, 0.15) is 5.82 Å². The first-order valence-electron chi connectivity index (χ1n) is 8.20. The molecule has 1 aliphatic heterocycles. The number of aryl methyl sites for hydroxylation is 2. The van der Waals surface area contributed by atoms with E-state index in [0.29, 0.717) is 13.1 Å².